The van der Waals surface area contributed by atoms with Crippen molar-refractivity contribution in [2.75, 3.05) is 46.4 Å². The second-order valence-electron chi connectivity index (χ2n) is 8.18. The Morgan fingerprint density at radius 3 is 2.42 bits per heavy atom. The van der Waals surface area contributed by atoms with Gasteiger partial charge in [0.15, 0.2) is 6.61 Å². The summed E-state index contributed by atoms with van der Waals surface area (Å²) in [5.74, 6) is 1.50. The third kappa shape index (κ3) is 4.98. The minimum absolute atomic E-state index is 0.0953. The summed E-state index contributed by atoms with van der Waals surface area (Å²) >= 11 is 0. The van der Waals surface area contributed by atoms with Gasteiger partial charge in [-0.2, -0.15) is 0 Å². The molecule has 0 aliphatic carbocycles. The van der Waals surface area contributed by atoms with Gasteiger partial charge in [-0.25, -0.2) is 0 Å². The van der Waals surface area contributed by atoms with E-state index >= 15 is 0 Å². The highest BCUT2D eigenvalue weighted by Gasteiger charge is 2.38. The topological polar surface area (TPSA) is 36.0 Å². The lowest BCUT2D eigenvalue weighted by Crippen LogP contribution is -2.65. The van der Waals surface area contributed by atoms with E-state index in [0.29, 0.717) is 18.0 Å². The summed E-state index contributed by atoms with van der Waals surface area (Å²) in [5, 5.41) is 0. The number of amides is 1. The van der Waals surface area contributed by atoms with Crippen LogP contribution in [0.1, 0.15) is 26.7 Å². The molecule has 1 amide bonds. The number of likely N-dealkylation sites (tertiary alicyclic amines) is 2. The molecule has 1 aromatic carbocycles. The lowest BCUT2D eigenvalue weighted by molar-refractivity contribution is -0.142. The molecule has 0 unspecified atom stereocenters. The summed E-state index contributed by atoms with van der Waals surface area (Å²) < 4.78 is 5.60. The first-order chi connectivity index (χ1) is 12.5. The van der Waals surface area contributed by atoms with Crippen LogP contribution >= 0.6 is 0 Å². The Balaban J connectivity index is 1.48. The summed E-state index contributed by atoms with van der Waals surface area (Å²) in [7, 11) is 2.21. The number of carbonyl (C=O) groups is 1. The van der Waals surface area contributed by atoms with Gasteiger partial charge < -0.3 is 14.5 Å². The zero-order chi connectivity index (χ0) is 18.5. The number of hydrogen-bond donors (Lipinski definition) is 0. The van der Waals surface area contributed by atoms with Gasteiger partial charge in [0.2, 0.25) is 0 Å². The third-order valence-electron chi connectivity index (χ3n) is 5.52. The standard InChI is InChI=1S/C21H33N3O2/c1-17(2)13-24(18-9-11-22(3)12-10-18)19-14-23(15-19)21(25)16-26-20-7-5-4-6-8-20/h4-8,17-19H,9-16H2,1-3H3. The van der Waals surface area contributed by atoms with Crippen LogP contribution < -0.4 is 4.74 Å². The smallest absolute Gasteiger partial charge is 0.260 e. The number of piperidine rings is 1. The molecule has 3 rings (SSSR count). The fourth-order valence-electron chi connectivity index (χ4n) is 3.97. The Morgan fingerprint density at radius 2 is 1.81 bits per heavy atom. The van der Waals surface area contributed by atoms with Crippen molar-refractivity contribution in [2.24, 2.45) is 5.92 Å². The summed E-state index contributed by atoms with van der Waals surface area (Å²) in [6.45, 7) is 9.89. The zero-order valence-corrected chi connectivity index (χ0v) is 16.4. The van der Waals surface area contributed by atoms with E-state index in [9.17, 15) is 4.79 Å². The molecule has 5 nitrogen and oxygen atoms in total. The Labute approximate surface area is 157 Å². The quantitative estimate of drug-likeness (QED) is 0.749. The summed E-state index contributed by atoms with van der Waals surface area (Å²) in [5.41, 5.74) is 0. The van der Waals surface area contributed by atoms with E-state index in [0.717, 1.165) is 25.4 Å². The second kappa shape index (κ2) is 8.87. The number of ether oxygens (including phenoxy) is 1. The van der Waals surface area contributed by atoms with Crippen LogP contribution in [0.25, 0.3) is 0 Å². The van der Waals surface area contributed by atoms with Gasteiger partial charge in [-0.1, -0.05) is 32.0 Å². The largest absolute Gasteiger partial charge is 0.484 e. The Hall–Kier alpha value is -1.59. The normalized spacial score (nSPS) is 19.8. The number of carbonyl (C=O) groups excluding carboxylic acids is 1. The lowest BCUT2D eigenvalue weighted by Gasteiger charge is -2.50. The van der Waals surface area contributed by atoms with Crippen molar-refractivity contribution >= 4 is 5.91 Å². The van der Waals surface area contributed by atoms with Crippen LogP contribution in [0.5, 0.6) is 5.75 Å². The molecular formula is C21H33N3O2. The Morgan fingerprint density at radius 1 is 1.15 bits per heavy atom. The van der Waals surface area contributed by atoms with E-state index in [1.807, 2.05) is 35.2 Å². The predicted octanol–water partition coefficient (Wildman–Crippen LogP) is 2.33. The SMILES string of the molecule is CC(C)CN(C1CCN(C)CC1)C1CN(C(=O)COc2ccccc2)C1. The molecule has 0 saturated carbocycles. The molecule has 2 fully saturated rings. The van der Waals surface area contributed by atoms with Crippen molar-refractivity contribution in [1.29, 1.82) is 0 Å². The van der Waals surface area contributed by atoms with Crippen LogP contribution in [-0.4, -0.2) is 79.1 Å². The van der Waals surface area contributed by atoms with Crippen molar-refractivity contribution in [3.05, 3.63) is 30.3 Å². The van der Waals surface area contributed by atoms with Gasteiger partial charge in [0.1, 0.15) is 5.75 Å². The van der Waals surface area contributed by atoms with Gasteiger partial charge in [-0.05, 0) is 51.0 Å². The number of para-hydroxylation sites is 1. The zero-order valence-electron chi connectivity index (χ0n) is 16.4. The maximum absolute atomic E-state index is 12.4. The van der Waals surface area contributed by atoms with Gasteiger partial charge in [0, 0.05) is 31.7 Å². The summed E-state index contributed by atoms with van der Waals surface area (Å²) in [6.07, 6.45) is 2.48. The summed E-state index contributed by atoms with van der Waals surface area (Å²) in [6, 6.07) is 10.7. The fourth-order valence-corrected chi connectivity index (χ4v) is 3.97. The Kier molecular flexibility index (Phi) is 6.54. The molecule has 1 aromatic rings. The third-order valence-corrected chi connectivity index (χ3v) is 5.52. The predicted molar refractivity (Wildman–Crippen MR) is 104 cm³/mol. The van der Waals surface area contributed by atoms with E-state index in [1.54, 1.807) is 0 Å². The monoisotopic (exact) mass is 359 g/mol. The van der Waals surface area contributed by atoms with Gasteiger partial charge in [0.05, 0.1) is 0 Å². The van der Waals surface area contributed by atoms with E-state index in [1.165, 1.54) is 25.9 Å². The van der Waals surface area contributed by atoms with E-state index < -0.39 is 0 Å². The van der Waals surface area contributed by atoms with Crippen molar-refractivity contribution in [3.8, 4) is 5.75 Å². The molecule has 2 saturated heterocycles. The van der Waals surface area contributed by atoms with Gasteiger partial charge in [0.25, 0.3) is 5.91 Å². The first-order valence-corrected chi connectivity index (χ1v) is 9.93. The molecule has 0 N–H and O–H groups in total. The number of benzene rings is 1. The van der Waals surface area contributed by atoms with Crippen molar-refractivity contribution in [1.82, 2.24) is 14.7 Å². The molecule has 0 spiro atoms. The van der Waals surface area contributed by atoms with Crippen molar-refractivity contribution in [2.45, 2.75) is 38.8 Å². The van der Waals surface area contributed by atoms with Crippen LogP contribution in [0.3, 0.4) is 0 Å². The van der Waals surface area contributed by atoms with Crippen LogP contribution in [0.2, 0.25) is 0 Å². The molecule has 144 valence electrons. The molecule has 2 aliphatic heterocycles. The average Bonchev–Trinajstić information content (AvgIpc) is 2.59. The minimum atomic E-state index is 0.0953. The van der Waals surface area contributed by atoms with Crippen molar-refractivity contribution < 1.29 is 9.53 Å². The molecule has 2 heterocycles. The molecule has 0 bridgehead atoms. The molecule has 5 heteroatoms. The van der Waals surface area contributed by atoms with E-state index in [-0.39, 0.29) is 12.5 Å². The van der Waals surface area contributed by atoms with Crippen molar-refractivity contribution in [3.63, 3.8) is 0 Å². The molecule has 0 atom stereocenters. The number of rotatable bonds is 7. The van der Waals surface area contributed by atoms with Crippen LogP contribution in [0.4, 0.5) is 0 Å². The van der Waals surface area contributed by atoms with Crippen LogP contribution in [-0.2, 0) is 4.79 Å². The Bertz CT molecular complexity index is 564. The van der Waals surface area contributed by atoms with E-state index in [2.05, 4.69) is 30.7 Å². The fraction of sp³-hybridized carbons (Fsp3) is 0.667. The average molecular weight is 360 g/mol. The molecule has 26 heavy (non-hydrogen) atoms. The maximum Gasteiger partial charge on any atom is 0.260 e. The summed E-state index contributed by atoms with van der Waals surface area (Å²) in [4.78, 5) is 19.4. The van der Waals surface area contributed by atoms with Gasteiger partial charge in [-0.3, -0.25) is 9.69 Å². The number of hydrogen-bond acceptors (Lipinski definition) is 4. The van der Waals surface area contributed by atoms with E-state index in [4.69, 9.17) is 4.74 Å². The second-order valence-corrected chi connectivity index (χ2v) is 8.18. The highest BCUT2D eigenvalue weighted by Crippen LogP contribution is 2.25. The van der Waals surface area contributed by atoms with Gasteiger partial charge >= 0.3 is 0 Å². The molecule has 0 aromatic heterocycles. The maximum atomic E-state index is 12.4. The number of nitrogens with zero attached hydrogens (tertiary/aromatic N) is 3. The molecular weight excluding hydrogens is 326 g/mol. The first kappa shape index (κ1) is 19.2. The van der Waals surface area contributed by atoms with Crippen LogP contribution in [0.15, 0.2) is 30.3 Å². The molecule has 0 radical (unpaired) electrons. The molecule has 2 aliphatic rings. The van der Waals surface area contributed by atoms with Crippen LogP contribution in [0, 0.1) is 5.92 Å². The highest BCUT2D eigenvalue weighted by molar-refractivity contribution is 5.78. The highest BCUT2D eigenvalue weighted by atomic mass is 16.5. The lowest BCUT2D eigenvalue weighted by atomic mass is 9.96. The minimum Gasteiger partial charge on any atom is -0.484 e. The van der Waals surface area contributed by atoms with Gasteiger partial charge in [-0.15, -0.1) is 0 Å². The first-order valence-electron chi connectivity index (χ1n) is 9.93.